The summed E-state index contributed by atoms with van der Waals surface area (Å²) in [4.78, 5) is 0. The molecule has 3 atom stereocenters. The Morgan fingerprint density at radius 3 is 1.96 bits per heavy atom. The average Bonchev–Trinajstić information content (AvgIpc) is 2.58. The topological polar surface area (TPSA) is 27.7 Å². The van der Waals surface area contributed by atoms with Gasteiger partial charge in [0.1, 0.15) is 0 Å². The van der Waals surface area contributed by atoms with E-state index < -0.39 is 7.32 Å². The van der Waals surface area contributed by atoms with Crippen LogP contribution in [0.15, 0.2) is 30.3 Å². The first-order chi connectivity index (χ1) is 11.1. The van der Waals surface area contributed by atoms with Crippen molar-refractivity contribution in [1.29, 1.82) is 0 Å². The Hall–Kier alpha value is 0.215. The third-order valence-electron chi connectivity index (χ3n) is 3.11. The molecular formula is C16H27BO3S3. The molecule has 0 radical (unpaired) electrons. The highest BCUT2D eigenvalue weighted by atomic mass is 32.2. The Kier molecular flexibility index (Phi) is 11.6. The van der Waals surface area contributed by atoms with Gasteiger partial charge in [0.05, 0.1) is 16.3 Å². The summed E-state index contributed by atoms with van der Waals surface area (Å²) >= 11 is 10.5. The SMILES string of the molecule is CCC(S)OB(OC(S)CC)OC(CC)SCc1ccccc1. The van der Waals surface area contributed by atoms with Crippen LogP contribution in [-0.2, 0) is 19.7 Å². The second-order valence-corrected chi connectivity index (χ2v) is 7.36. The fourth-order valence-electron chi connectivity index (χ4n) is 1.69. The monoisotopic (exact) mass is 374 g/mol. The molecule has 3 nitrogen and oxygen atoms in total. The number of thiol groups is 2. The number of rotatable bonds is 12. The van der Waals surface area contributed by atoms with E-state index in [1.165, 1.54) is 5.56 Å². The van der Waals surface area contributed by atoms with Crippen LogP contribution in [0.3, 0.4) is 0 Å². The van der Waals surface area contributed by atoms with Gasteiger partial charge in [0.2, 0.25) is 0 Å². The van der Waals surface area contributed by atoms with Crippen LogP contribution in [0, 0.1) is 0 Å². The van der Waals surface area contributed by atoms with Crippen molar-refractivity contribution in [2.24, 2.45) is 0 Å². The van der Waals surface area contributed by atoms with Crippen LogP contribution < -0.4 is 0 Å². The van der Waals surface area contributed by atoms with Crippen LogP contribution in [0.25, 0.3) is 0 Å². The van der Waals surface area contributed by atoms with Crippen LogP contribution >= 0.6 is 37.0 Å². The molecule has 7 heteroatoms. The molecule has 0 aliphatic rings. The zero-order valence-corrected chi connectivity index (χ0v) is 16.7. The first kappa shape index (κ1) is 21.3. The lowest BCUT2D eigenvalue weighted by Gasteiger charge is -2.24. The van der Waals surface area contributed by atoms with Crippen LogP contribution in [0.2, 0.25) is 0 Å². The number of hydrogen-bond acceptors (Lipinski definition) is 6. The van der Waals surface area contributed by atoms with Crippen molar-refractivity contribution in [3.05, 3.63) is 35.9 Å². The minimum Gasteiger partial charge on any atom is -0.374 e. The van der Waals surface area contributed by atoms with E-state index >= 15 is 0 Å². The zero-order valence-electron chi connectivity index (χ0n) is 14.1. The minimum absolute atomic E-state index is 0.00464. The molecular weight excluding hydrogens is 347 g/mol. The molecule has 0 amide bonds. The molecule has 1 rings (SSSR count). The van der Waals surface area contributed by atoms with Gasteiger partial charge >= 0.3 is 7.32 Å². The van der Waals surface area contributed by atoms with Gasteiger partial charge in [-0.05, 0) is 24.8 Å². The van der Waals surface area contributed by atoms with E-state index in [-0.39, 0.29) is 16.3 Å². The summed E-state index contributed by atoms with van der Waals surface area (Å²) in [6, 6.07) is 10.4. The number of benzene rings is 1. The quantitative estimate of drug-likeness (QED) is 0.305. The van der Waals surface area contributed by atoms with Crippen molar-refractivity contribution in [3.8, 4) is 0 Å². The fraction of sp³-hybridized carbons (Fsp3) is 0.625. The van der Waals surface area contributed by atoms with Crippen molar-refractivity contribution in [2.75, 3.05) is 0 Å². The standard InChI is InChI=1S/C16H27BO3S3/c1-4-14(21)18-17(19-15(22)5-2)20-16(6-3)23-12-13-10-8-7-9-11-13/h7-11,14-16,21-22H,4-6,12H2,1-3H3. The number of hydrogen-bond donors (Lipinski definition) is 2. The first-order valence-electron chi connectivity index (χ1n) is 8.07. The van der Waals surface area contributed by atoms with E-state index in [0.717, 1.165) is 25.0 Å². The third-order valence-corrected chi connectivity index (χ3v) is 5.40. The number of thioether (sulfide) groups is 1. The van der Waals surface area contributed by atoms with Crippen LogP contribution in [0.5, 0.6) is 0 Å². The van der Waals surface area contributed by atoms with E-state index in [1.54, 1.807) is 11.8 Å². The second-order valence-electron chi connectivity index (χ2n) is 5.06. The van der Waals surface area contributed by atoms with Crippen molar-refractivity contribution >= 4 is 44.3 Å². The van der Waals surface area contributed by atoms with Gasteiger partial charge in [-0.2, -0.15) is 0 Å². The second kappa shape index (κ2) is 12.6. The molecule has 23 heavy (non-hydrogen) atoms. The maximum Gasteiger partial charge on any atom is 0.641 e. The van der Waals surface area contributed by atoms with E-state index in [1.807, 2.05) is 32.0 Å². The van der Waals surface area contributed by atoms with Crippen molar-refractivity contribution in [2.45, 2.75) is 62.1 Å². The molecule has 0 heterocycles. The smallest absolute Gasteiger partial charge is 0.374 e. The highest BCUT2D eigenvalue weighted by Crippen LogP contribution is 2.24. The predicted octanol–water partition coefficient (Wildman–Crippen LogP) is 5.02. The lowest BCUT2D eigenvalue weighted by Crippen LogP contribution is -2.35. The summed E-state index contributed by atoms with van der Waals surface area (Å²) in [5.74, 6) is 0.891. The van der Waals surface area contributed by atoms with Gasteiger partial charge in [0.25, 0.3) is 0 Å². The molecule has 0 aliphatic heterocycles. The Labute approximate surface area is 156 Å². The van der Waals surface area contributed by atoms with Crippen molar-refractivity contribution in [1.82, 2.24) is 0 Å². The molecule has 0 fully saturated rings. The van der Waals surface area contributed by atoms with E-state index in [4.69, 9.17) is 14.0 Å². The molecule has 130 valence electrons. The summed E-state index contributed by atoms with van der Waals surface area (Å²) in [7, 11) is -0.742. The zero-order chi connectivity index (χ0) is 17.1. The molecule has 1 aromatic rings. The Bertz CT molecular complexity index is 399. The van der Waals surface area contributed by atoms with Crippen molar-refractivity contribution < 1.29 is 14.0 Å². The summed E-state index contributed by atoms with van der Waals surface area (Å²) in [6.07, 6.45) is 2.43. The molecule has 0 aliphatic carbocycles. The average molecular weight is 374 g/mol. The highest BCUT2D eigenvalue weighted by Gasteiger charge is 2.29. The Morgan fingerprint density at radius 2 is 1.48 bits per heavy atom. The van der Waals surface area contributed by atoms with Crippen LogP contribution in [-0.4, -0.2) is 23.6 Å². The normalized spacial score (nSPS) is 15.2. The largest absolute Gasteiger partial charge is 0.641 e. The molecule has 0 saturated carbocycles. The van der Waals surface area contributed by atoms with Gasteiger partial charge in [-0.1, -0.05) is 51.1 Å². The van der Waals surface area contributed by atoms with Crippen molar-refractivity contribution in [3.63, 3.8) is 0 Å². The molecule has 3 unspecified atom stereocenters. The van der Waals surface area contributed by atoms with Gasteiger partial charge in [-0.25, -0.2) is 0 Å². The molecule has 0 spiro atoms. The van der Waals surface area contributed by atoms with Gasteiger partial charge in [0.15, 0.2) is 0 Å². The van der Waals surface area contributed by atoms with Gasteiger partial charge in [0, 0.05) is 5.75 Å². The van der Waals surface area contributed by atoms with E-state index in [0.29, 0.717) is 0 Å². The first-order valence-corrected chi connectivity index (χ1v) is 10.1. The van der Waals surface area contributed by atoms with Crippen LogP contribution in [0.1, 0.15) is 45.6 Å². The fourth-order valence-corrected chi connectivity index (χ4v) is 2.86. The summed E-state index contributed by atoms with van der Waals surface area (Å²) in [5.41, 5.74) is 0.845. The Balaban J connectivity index is 2.54. The Morgan fingerprint density at radius 1 is 0.913 bits per heavy atom. The minimum atomic E-state index is -0.742. The molecule has 0 bridgehead atoms. The van der Waals surface area contributed by atoms with Gasteiger partial charge < -0.3 is 14.0 Å². The molecule has 1 aromatic carbocycles. The third kappa shape index (κ3) is 9.32. The molecule has 0 aromatic heterocycles. The molecule has 0 saturated heterocycles. The van der Waals surface area contributed by atoms with Crippen LogP contribution in [0.4, 0.5) is 0 Å². The summed E-state index contributed by atoms with van der Waals surface area (Å²) < 4.78 is 17.4. The summed E-state index contributed by atoms with van der Waals surface area (Å²) in [5, 5.41) is 0. The maximum atomic E-state index is 5.99. The van der Waals surface area contributed by atoms with E-state index in [2.05, 4.69) is 44.3 Å². The van der Waals surface area contributed by atoms with Gasteiger partial charge in [-0.15, -0.1) is 37.0 Å². The lowest BCUT2D eigenvalue weighted by atomic mass is 10.2. The molecule has 0 N–H and O–H groups in total. The summed E-state index contributed by atoms with van der Waals surface area (Å²) in [6.45, 7) is 6.11. The maximum absolute atomic E-state index is 5.99. The highest BCUT2D eigenvalue weighted by molar-refractivity contribution is 7.99. The lowest BCUT2D eigenvalue weighted by molar-refractivity contribution is 0.0675. The predicted molar refractivity (Wildman–Crippen MR) is 107 cm³/mol. The van der Waals surface area contributed by atoms with Gasteiger partial charge in [-0.3, -0.25) is 0 Å². The van der Waals surface area contributed by atoms with E-state index in [9.17, 15) is 0 Å².